The minimum Gasteiger partial charge on any atom is -0.503 e. The van der Waals surface area contributed by atoms with Gasteiger partial charge in [-0.25, -0.2) is 9.18 Å². The fraction of sp³-hybridized carbons (Fsp3) is 0.300. The number of aliphatic hydroxyl groups is 1. The highest BCUT2D eigenvalue weighted by molar-refractivity contribution is 9.10. The van der Waals surface area contributed by atoms with E-state index in [0.29, 0.717) is 0 Å². The Morgan fingerprint density at radius 2 is 2.12 bits per heavy atom. The third-order valence-corrected chi connectivity index (χ3v) is 2.91. The molecule has 0 aliphatic rings. The van der Waals surface area contributed by atoms with Crippen molar-refractivity contribution in [2.24, 2.45) is 0 Å². The molecule has 0 amide bonds. The number of aliphatic hydroxyl groups excluding tert-OH is 1. The molecule has 0 aliphatic heterocycles. The second-order valence-corrected chi connectivity index (χ2v) is 3.86. The van der Waals surface area contributed by atoms with E-state index in [1.807, 2.05) is 0 Å². The van der Waals surface area contributed by atoms with E-state index >= 15 is 0 Å². The Kier molecular flexibility index (Phi) is 4.30. The average molecular weight is 309 g/mol. The minimum atomic E-state index is -1.83. The quantitative estimate of drug-likeness (QED) is 0.828. The number of benzene rings is 1. The number of hydrogen-bond acceptors (Lipinski definition) is 5. The van der Waals surface area contributed by atoms with E-state index in [2.05, 4.69) is 20.7 Å². The second kappa shape index (κ2) is 5.33. The van der Waals surface area contributed by atoms with Gasteiger partial charge in [-0.15, -0.1) is 0 Å². The van der Waals surface area contributed by atoms with Crippen LogP contribution in [0.2, 0.25) is 0 Å². The minimum absolute atomic E-state index is 0.116. The number of carbonyl (C=O) groups is 1. The van der Waals surface area contributed by atoms with Gasteiger partial charge < -0.3 is 19.7 Å². The SMILES string of the molecule is COC(=O)C(O)c1c(F)cc(OC)c(O)c1Br. The third-order valence-electron chi connectivity index (χ3n) is 2.11. The summed E-state index contributed by atoms with van der Waals surface area (Å²) in [5, 5.41) is 19.1. The van der Waals surface area contributed by atoms with Crippen LogP contribution in [0.15, 0.2) is 10.5 Å². The summed E-state index contributed by atoms with van der Waals surface area (Å²) >= 11 is 2.88. The zero-order chi connectivity index (χ0) is 13.2. The molecule has 5 nitrogen and oxygen atoms in total. The Hall–Kier alpha value is -1.34. The van der Waals surface area contributed by atoms with Gasteiger partial charge in [0, 0.05) is 11.6 Å². The first-order valence-corrected chi connectivity index (χ1v) is 5.24. The van der Waals surface area contributed by atoms with Crippen molar-refractivity contribution < 1.29 is 28.9 Å². The van der Waals surface area contributed by atoms with Crippen molar-refractivity contribution >= 4 is 21.9 Å². The first-order chi connectivity index (χ1) is 7.93. The van der Waals surface area contributed by atoms with Crippen LogP contribution < -0.4 is 4.74 Å². The Labute approximate surface area is 105 Å². The number of carbonyl (C=O) groups excluding carboxylic acids is 1. The Morgan fingerprint density at radius 1 is 1.53 bits per heavy atom. The molecular formula is C10H10BrFO5. The van der Waals surface area contributed by atoms with Crippen LogP contribution in [0, 0.1) is 5.82 Å². The largest absolute Gasteiger partial charge is 0.503 e. The number of methoxy groups -OCH3 is 2. The molecule has 1 rings (SSSR count). The van der Waals surface area contributed by atoms with Crippen molar-refractivity contribution in [2.45, 2.75) is 6.10 Å². The van der Waals surface area contributed by atoms with Gasteiger partial charge in [-0.1, -0.05) is 0 Å². The van der Waals surface area contributed by atoms with Gasteiger partial charge in [0.05, 0.1) is 18.7 Å². The summed E-state index contributed by atoms with van der Waals surface area (Å²) in [5.74, 6) is -2.46. The summed E-state index contributed by atoms with van der Waals surface area (Å²) in [5.41, 5.74) is -0.407. The van der Waals surface area contributed by atoms with Gasteiger partial charge in [0.15, 0.2) is 17.6 Å². The first kappa shape index (κ1) is 13.7. The maximum atomic E-state index is 13.6. The molecule has 7 heteroatoms. The maximum Gasteiger partial charge on any atom is 0.339 e. The van der Waals surface area contributed by atoms with Gasteiger partial charge in [0.25, 0.3) is 0 Å². The maximum absolute atomic E-state index is 13.6. The van der Waals surface area contributed by atoms with Crippen molar-refractivity contribution in [1.29, 1.82) is 0 Å². The Balaban J connectivity index is 3.35. The van der Waals surface area contributed by atoms with Crippen LogP contribution in [0.5, 0.6) is 11.5 Å². The number of aromatic hydroxyl groups is 1. The number of phenolic OH excluding ortho intramolecular Hbond substituents is 1. The zero-order valence-corrected chi connectivity index (χ0v) is 10.6. The van der Waals surface area contributed by atoms with Gasteiger partial charge >= 0.3 is 5.97 Å². The molecule has 94 valence electrons. The molecule has 0 aliphatic carbocycles. The van der Waals surface area contributed by atoms with Crippen molar-refractivity contribution in [3.63, 3.8) is 0 Å². The summed E-state index contributed by atoms with van der Waals surface area (Å²) in [4.78, 5) is 11.1. The monoisotopic (exact) mass is 308 g/mol. The van der Waals surface area contributed by atoms with Crippen LogP contribution in [0.3, 0.4) is 0 Å². The summed E-state index contributed by atoms with van der Waals surface area (Å²) in [6.45, 7) is 0. The van der Waals surface area contributed by atoms with Gasteiger partial charge in [0.1, 0.15) is 5.82 Å². The predicted octanol–water partition coefficient (Wildman–Crippen LogP) is 1.51. The van der Waals surface area contributed by atoms with Crippen LogP contribution in [-0.4, -0.2) is 30.4 Å². The van der Waals surface area contributed by atoms with Crippen LogP contribution in [-0.2, 0) is 9.53 Å². The Morgan fingerprint density at radius 3 is 2.59 bits per heavy atom. The van der Waals surface area contributed by atoms with Crippen molar-refractivity contribution in [3.8, 4) is 11.5 Å². The molecule has 0 heterocycles. The fourth-order valence-electron chi connectivity index (χ4n) is 1.24. The van der Waals surface area contributed by atoms with E-state index in [1.54, 1.807) is 0 Å². The molecular weight excluding hydrogens is 299 g/mol. The molecule has 0 saturated heterocycles. The standard InChI is InChI=1S/C10H10BrFO5/c1-16-5-3-4(12)6(7(11)8(5)13)9(14)10(15)17-2/h3,9,13-14H,1-2H3. The van der Waals surface area contributed by atoms with Crippen molar-refractivity contribution in [2.75, 3.05) is 14.2 Å². The smallest absolute Gasteiger partial charge is 0.339 e. The first-order valence-electron chi connectivity index (χ1n) is 4.44. The molecule has 1 aromatic carbocycles. The molecule has 0 bridgehead atoms. The summed E-state index contributed by atoms with van der Waals surface area (Å²) < 4.78 is 22.5. The fourth-order valence-corrected chi connectivity index (χ4v) is 1.84. The van der Waals surface area contributed by atoms with E-state index in [0.717, 1.165) is 13.2 Å². The van der Waals surface area contributed by atoms with Crippen LogP contribution >= 0.6 is 15.9 Å². The van der Waals surface area contributed by atoms with Crippen molar-refractivity contribution in [3.05, 3.63) is 21.9 Å². The third kappa shape index (κ3) is 2.50. The van der Waals surface area contributed by atoms with Gasteiger partial charge in [-0.2, -0.15) is 0 Å². The number of esters is 1. The predicted molar refractivity (Wildman–Crippen MR) is 59.3 cm³/mol. The highest BCUT2D eigenvalue weighted by atomic mass is 79.9. The van der Waals surface area contributed by atoms with Crippen molar-refractivity contribution in [1.82, 2.24) is 0 Å². The number of ether oxygens (including phenoxy) is 2. The van der Waals surface area contributed by atoms with Gasteiger partial charge in [-0.3, -0.25) is 0 Å². The molecule has 1 atom stereocenters. The molecule has 17 heavy (non-hydrogen) atoms. The molecule has 0 radical (unpaired) electrons. The highest BCUT2D eigenvalue weighted by Gasteiger charge is 2.27. The second-order valence-electron chi connectivity index (χ2n) is 3.06. The Bertz CT molecular complexity index is 449. The lowest BCUT2D eigenvalue weighted by molar-refractivity contribution is -0.150. The highest BCUT2D eigenvalue weighted by Crippen LogP contribution is 2.40. The van der Waals surface area contributed by atoms with E-state index in [4.69, 9.17) is 4.74 Å². The number of halogens is 2. The summed E-state index contributed by atoms with van der Waals surface area (Å²) in [7, 11) is 2.30. The molecule has 0 aromatic heterocycles. The number of phenols is 1. The number of hydrogen-bond donors (Lipinski definition) is 2. The van der Waals surface area contributed by atoms with Gasteiger partial charge in [0.2, 0.25) is 0 Å². The molecule has 0 saturated carbocycles. The van der Waals surface area contributed by atoms with Crippen LogP contribution in [0.1, 0.15) is 11.7 Å². The molecule has 0 fully saturated rings. The van der Waals surface area contributed by atoms with E-state index in [9.17, 15) is 19.4 Å². The molecule has 0 spiro atoms. The number of rotatable bonds is 3. The zero-order valence-electron chi connectivity index (χ0n) is 9.03. The van der Waals surface area contributed by atoms with E-state index < -0.39 is 29.2 Å². The summed E-state index contributed by atoms with van der Waals surface area (Å²) in [6, 6.07) is 0.863. The topological polar surface area (TPSA) is 76.0 Å². The van der Waals surface area contributed by atoms with E-state index in [-0.39, 0.29) is 10.2 Å². The molecule has 1 unspecified atom stereocenters. The van der Waals surface area contributed by atoms with Gasteiger partial charge in [-0.05, 0) is 15.9 Å². The molecule has 1 aromatic rings. The van der Waals surface area contributed by atoms with Crippen LogP contribution in [0.4, 0.5) is 4.39 Å². The lowest BCUT2D eigenvalue weighted by Gasteiger charge is -2.14. The normalized spacial score (nSPS) is 12.1. The lowest BCUT2D eigenvalue weighted by Crippen LogP contribution is -2.15. The van der Waals surface area contributed by atoms with Crippen LogP contribution in [0.25, 0.3) is 0 Å². The summed E-state index contributed by atoms with van der Waals surface area (Å²) in [6.07, 6.45) is -1.83. The average Bonchev–Trinajstić information content (AvgIpc) is 2.32. The van der Waals surface area contributed by atoms with E-state index in [1.165, 1.54) is 7.11 Å². The lowest BCUT2D eigenvalue weighted by atomic mass is 10.1. The molecule has 2 N–H and O–H groups in total.